The predicted molar refractivity (Wildman–Crippen MR) is 117 cm³/mol. The van der Waals surface area contributed by atoms with E-state index < -0.39 is 0 Å². The Morgan fingerprint density at radius 1 is 1.03 bits per heavy atom. The van der Waals surface area contributed by atoms with Crippen molar-refractivity contribution in [3.05, 3.63) is 53.4 Å². The molecule has 0 aliphatic rings. The lowest BCUT2D eigenvalue weighted by molar-refractivity contribution is 0.865. The van der Waals surface area contributed by atoms with Gasteiger partial charge in [-0.25, -0.2) is 19.9 Å². The molecule has 0 radical (unpaired) electrons. The molecule has 0 aromatic carbocycles. The van der Waals surface area contributed by atoms with Gasteiger partial charge in [-0.2, -0.15) is 16.4 Å². The molecule has 0 saturated heterocycles. The van der Waals surface area contributed by atoms with E-state index in [1.807, 2.05) is 37.0 Å². The minimum Gasteiger partial charge on any atom is -0.335 e. The Kier molecular flexibility index (Phi) is 3.59. The van der Waals surface area contributed by atoms with Gasteiger partial charge < -0.3 is 9.55 Å². The highest BCUT2D eigenvalue weighted by Gasteiger charge is 2.17. The Morgan fingerprint density at radius 3 is 2.77 bits per heavy atom. The third-order valence-electron chi connectivity index (χ3n) is 5.39. The van der Waals surface area contributed by atoms with Gasteiger partial charge in [0.25, 0.3) is 0 Å². The Bertz CT molecular complexity index is 1520. The van der Waals surface area contributed by atoms with Gasteiger partial charge in [0.1, 0.15) is 11.5 Å². The second-order valence-electron chi connectivity index (χ2n) is 7.10. The van der Waals surface area contributed by atoms with Crippen LogP contribution in [0.3, 0.4) is 0 Å². The van der Waals surface area contributed by atoms with Crippen LogP contribution in [0.15, 0.2) is 47.5 Å². The number of nitrogens with one attached hydrogen (secondary N) is 2. The highest BCUT2D eigenvalue weighted by Crippen LogP contribution is 2.32. The maximum atomic E-state index is 4.72. The zero-order chi connectivity index (χ0) is 20.2. The normalized spacial score (nSPS) is 11.7. The first kappa shape index (κ1) is 17.0. The summed E-state index contributed by atoms with van der Waals surface area (Å²) in [6, 6.07) is 6.16. The van der Waals surface area contributed by atoms with Crippen molar-refractivity contribution in [3.8, 4) is 33.9 Å². The Hall–Kier alpha value is -3.85. The SMILES string of the molecule is Cc1ncc(-c2cnc3n[nH]c(-c4nc5nccc(-c6ccsc6)c5[nH]4)c3c2)n1C. The zero-order valence-electron chi connectivity index (χ0n) is 16.2. The van der Waals surface area contributed by atoms with Gasteiger partial charge in [0, 0.05) is 30.6 Å². The Labute approximate surface area is 174 Å². The fraction of sp³-hybridized carbons (Fsp3) is 0.0952. The maximum Gasteiger partial charge on any atom is 0.181 e. The van der Waals surface area contributed by atoms with Gasteiger partial charge in [-0.1, -0.05) is 0 Å². The molecule has 0 spiro atoms. The number of fused-ring (bicyclic) bond motifs is 2. The first-order valence-electron chi connectivity index (χ1n) is 9.39. The number of hydrogen-bond donors (Lipinski definition) is 2. The van der Waals surface area contributed by atoms with Crippen LogP contribution in [0.5, 0.6) is 0 Å². The number of pyridine rings is 2. The number of H-pyrrole nitrogens is 2. The minimum absolute atomic E-state index is 0.638. The van der Waals surface area contributed by atoms with Gasteiger partial charge in [-0.3, -0.25) is 5.10 Å². The third kappa shape index (κ3) is 2.49. The summed E-state index contributed by atoms with van der Waals surface area (Å²) in [4.78, 5) is 21.5. The van der Waals surface area contributed by atoms with Crippen LogP contribution < -0.4 is 0 Å². The Balaban J connectivity index is 1.53. The number of nitrogens with zero attached hydrogens (tertiary/aromatic N) is 6. The average Bonchev–Trinajstić information content (AvgIpc) is 3.54. The second-order valence-corrected chi connectivity index (χ2v) is 7.88. The van der Waals surface area contributed by atoms with Crippen molar-refractivity contribution in [2.75, 3.05) is 0 Å². The summed E-state index contributed by atoms with van der Waals surface area (Å²) in [6.07, 6.45) is 5.46. The molecule has 0 aliphatic heterocycles. The van der Waals surface area contributed by atoms with Crippen LogP contribution in [0.1, 0.15) is 5.82 Å². The van der Waals surface area contributed by atoms with Gasteiger partial charge >= 0.3 is 0 Å². The summed E-state index contributed by atoms with van der Waals surface area (Å²) in [5.41, 5.74) is 7.19. The maximum absolute atomic E-state index is 4.72. The molecular formula is C21H16N8S. The quantitative estimate of drug-likeness (QED) is 0.450. The van der Waals surface area contributed by atoms with Gasteiger partial charge in [0.2, 0.25) is 0 Å². The molecule has 0 fully saturated rings. The number of imidazole rings is 2. The first-order chi connectivity index (χ1) is 14.7. The standard InChI is InChI=1S/C21H16N8S/c1-11-23-9-16(29(11)2)13-7-15-18(27-28-19(15)24-8-13)21-25-17-14(12-4-6-30-10-12)3-5-22-20(17)26-21/h3-10H,1-2H3,(H,22,25,26)(H,24,27,28). The number of aryl methyl sites for hydroxylation is 1. The summed E-state index contributed by atoms with van der Waals surface area (Å²) >= 11 is 1.67. The van der Waals surface area contributed by atoms with Crippen molar-refractivity contribution in [1.29, 1.82) is 0 Å². The van der Waals surface area contributed by atoms with Crippen molar-refractivity contribution in [2.24, 2.45) is 7.05 Å². The molecule has 6 rings (SSSR count). The van der Waals surface area contributed by atoms with E-state index in [9.17, 15) is 0 Å². The van der Waals surface area contributed by atoms with Crippen molar-refractivity contribution in [2.45, 2.75) is 6.92 Å². The van der Waals surface area contributed by atoms with Crippen LogP contribution in [-0.4, -0.2) is 39.7 Å². The summed E-state index contributed by atoms with van der Waals surface area (Å²) in [5.74, 6) is 1.63. The third-order valence-corrected chi connectivity index (χ3v) is 6.07. The molecule has 0 unspecified atom stereocenters. The fourth-order valence-electron chi connectivity index (χ4n) is 3.68. The molecule has 0 bridgehead atoms. The summed E-state index contributed by atoms with van der Waals surface area (Å²) in [6.45, 7) is 1.98. The van der Waals surface area contributed by atoms with E-state index in [0.29, 0.717) is 17.1 Å². The van der Waals surface area contributed by atoms with Crippen LogP contribution in [0, 0.1) is 6.92 Å². The van der Waals surface area contributed by atoms with Gasteiger partial charge in [-0.05, 0) is 41.4 Å². The van der Waals surface area contributed by atoms with Crippen LogP contribution in [-0.2, 0) is 7.05 Å². The second kappa shape index (κ2) is 6.33. The van der Waals surface area contributed by atoms with Crippen molar-refractivity contribution >= 4 is 33.5 Å². The van der Waals surface area contributed by atoms with Crippen LogP contribution in [0.2, 0.25) is 0 Å². The number of thiophene rings is 1. The minimum atomic E-state index is 0.638. The molecule has 146 valence electrons. The summed E-state index contributed by atoms with van der Waals surface area (Å²) in [5, 5.41) is 12.5. The molecule has 6 aromatic heterocycles. The van der Waals surface area contributed by atoms with Crippen LogP contribution in [0.4, 0.5) is 0 Å². The molecule has 8 nitrogen and oxygen atoms in total. The molecule has 30 heavy (non-hydrogen) atoms. The molecular weight excluding hydrogens is 396 g/mol. The van der Waals surface area contributed by atoms with Gasteiger partial charge in [-0.15, -0.1) is 0 Å². The van der Waals surface area contributed by atoms with Crippen molar-refractivity contribution in [1.82, 2.24) is 39.7 Å². The first-order valence-corrected chi connectivity index (χ1v) is 10.3. The molecule has 2 N–H and O–H groups in total. The zero-order valence-corrected chi connectivity index (χ0v) is 17.0. The molecule has 0 aliphatic carbocycles. The number of aromatic amines is 2. The Morgan fingerprint density at radius 2 is 1.97 bits per heavy atom. The van der Waals surface area contributed by atoms with E-state index in [-0.39, 0.29) is 0 Å². The van der Waals surface area contributed by atoms with E-state index in [2.05, 4.69) is 53.0 Å². The van der Waals surface area contributed by atoms with Crippen molar-refractivity contribution < 1.29 is 0 Å². The van der Waals surface area contributed by atoms with Crippen LogP contribution >= 0.6 is 11.3 Å². The van der Waals surface area contributed by atoms with E-state index in [0.717, 1.165) is 44.8 Å². The predicted octanol–water partition coefficient (Wildman–Crippen LogP) is 4.33. The van der Waals surface area contributed by atoms with E-state index in [4.69, 9.17) is 4.98 Å². The largest absolute Gasteiger partial charge is 0.335 e. The number of rotatable bonds is 3. The average molecular weight is 412 g/mol. The lowest BCUT2D eigenvalue weighted by Crippen LogP contribution is -1.94. The van der Waals surface area contributed by atoms with E-state index >= 15 is 0 Å². The molecule has 0 amide bonds. The fourth-order valence-corrected chi connectivity index (χ4v) is 4.33. The molecule has 0 saturated carbocycles. The van der Waals surface area contributed by atoms with Gasteiger partial charge in [0.15, 0.2) is 17.1 Å². The smallest absolute Gasteiger partial charge is 0.181 e. The van der Waals surface area contributed by atoms with E-state index in [1.54, 1.807) is 17.5 Å². The number of aromatic nitrogens is 8. The highest BCUT2D eigenvalue weighted by atomic mass is 32.1. The van der Waals surface area contributed by atoms with Gasteiger partial charge in [0.05, 0.1) is 22.8 Å². The van der Waals surface area contributed by atoms with Crippen molar-refractivity contribution in [3.63, 3.8) is 0 Å². The molecule has 6 aromatic rings. The van der Waals surface area contributed by atoms with E-state index in [1.165, 1.54) is 0 Å². The molecule has 9 heteroatoms. The molecule has 0 atom stereocenters. The number of hydrogen-bond acceptors (Lipinski definition) is 6. The monoisotopic (exact) mass is 412 g/mol. The lowest BCUT2D eigenvalue weighted by atomic mass is 10.1. The topological polar surface area (TPSA) is 101 Å². The highest BCUT2D eigenvalue weighted by molar-refractivity contribution is 7.08. The molecule has 6 heterocycles. The lowest BCUT2D eigenvalue weighted by Gasteiger charge is -2.03. The summed E-state index contributed by atoms with van der Waals surface area (Å²) in [7, 11) is 2.00. The van der Waals surface area contributed by atoms with Crippen LogP contribution in [0.25, 0.3) is 56.1 Å². The summed E-state index contributed by atoms with van der Waals surface area (Å²) < 4.78 is 2.04.